The lowest BCUT2D eigenvalue weighted by atomic mass is 9.98. The number of rotatable bonds is 2. The topological polar surface area (TPSA) is 53.1 Å². The second kappa shape index (κ2) is 4.21. The number of hydrogen-bond acceptors (Lipinski definition) is 1. The number of benzene rings is 1. The van der Waals surface area contributed by atoms with Gasteiger partial charge in [-0.3, -0.25) is 0 Å². The van der Waals surface area contributed by atoms with Crippen molar-refractivity contribution in [3.63, 3.8) is 0 Å². The number of H-pyrrole nitrogens is 1. The number of carboxylic acid groups (broad SMARTS) is 1. The van der Waals surface area contributed by atoms with E-state index in [9.17, 15) is 18.0 Å². The van der Waals surface area contributed by atoms with Crippen LogP contribution in [0.5, 0.6) is 0 Å². The van der Waals surface area contributed by atoms with E-state index in [4.69, 9.17) is 5.11 Å². The Morgan fingerprint density at radius 2 is 1.78 bits per heavy atom. The van der Waals surface area contributed by atoms with E-state index >= 15 is 0 Å². The van der Waals surface area contributed by atoms with Crippen molar-refractivity contribution in [3.8, 4) is 11.1 Å². The molecule has 0 atom stereocenters. The van der Waals surface area contributed by atoms with Crippen LogP contribution in [-0.2, 0) is 6.18 Å². The molecule has 0 aliphatic rings. The average molecular weight is 255 g/mol. The second-order valence-electron chi connectivity index (χ2n) is 3.63. The Kier molecular flexibility index (Phi) is 2.86. The highest BCUT2D eigenvalue weighted by Gasteiger charge is 2.34. The number of carboxylic acids is 1. The molecule has 94 valence electrons. The van der Waals surface area contributed by atoms with Gasteiger partial charge in [0.25, 0.3) is 0 Å². The molecule has 0 saturated carbocycles. The first-order chi connectivity index (χ1) is 8.41. The van der Waals surface area contributed by atoms with Crippen LogP contribution in [0.1, 0.15) is 15.9 Å². The third-order valence-corrected chi connectivity index (χ3v) is 2.50. The summed E-state index contributed by atoms with van der Waals surface area (Å²) < 4.78 is 38.4. The van der Waals surface area contributed by atoms with Gasteiger partial charge in [0.05, 0.1) is 11.1 Å². The van der Waals surface area contributed by atoms with Crippen LogP contribution in [0.2, 0.25) is 0 Å². The van der Waals surface area contributed by atoms with E-state index in [-0.39, 0.29) is 16.7 Å². The molecule has 1 aromatic carbocycles. The Hall–Kier alpha value is -2.24. The zero-order valence-corrected chi connectivity index (χ0v) is 8.95. The summed E-state index contributed by atoms with van der Waals surface area (Å²) >= 11 is 0. The smallest absolute Gasteiger partial charge is 0.417 e. The molecule has 0 saturated heterocycles. The van der Waals surface area contributed by atoms with Gasteiger partial charge in [0.2, 0.25) is 0 Å². The maximum Gasteiger partial charge on any atom is 0.417 e. The summed E-state index contributed by atoms with van der Waals surface area (Å²) in [5.41, 5.74) is -1.17. The van der Waals surface area contributed by atoms with Crippen molar-refractivity contribution >= 4 is 5.97 Å². The van der Waals surface area contributed by atoms with Gasteiger partial charge in [-0.2, -0.15) is 13.2 Å². The Bertz CT molecular complexity index is 587. The molecule has 0 amide bonds. The van der Waals surface area contributed by atoms with Crippen LogP contribution < -0.4 is 0 Å². The number of alkyl halides is 3. The number of nitrogens with one attached hydrogen (secondary N) is 1. The maximum atomic E-state index is 12.8. The lowest BCUT2D eigenvalue weighted by molar-refractivity contribution is -0.137. The lowest BCUT2D eigenvalue weighted by Gasteiger charge is -2.12. The van der Waals surface area contributed by atoms with Crippen molar-refractivity contribution < 1.29 is 23.1 Å². The summed E-state index contributed by atoms with van der Waals surface area (Å²) in [5.74, 6) is -1.27. The number of aromatic amines is 1. The van der Waals surface area contributed by atoms with Gasteiger partial charge in [-0.05, 0) is 11.6 Å². The van der Waals surface area contributed by atoms with E-state index < -0.39 is 17.7 Å². The van der Waals surface area contributed by atoms with Gasteiger partial charge < -0.3 is 10.1 Å². The van der Waals surface area contributed by atoms with Crippen molar-refractivity contribution in [3.05, 3.63) is 47.8 Å². The normalized spacial score (nSPS) is 11.5. The quantitative estimate of drug-likeness (QED) is 0.864. The molecule has 0 unspecified atom stereocenters. The first kappa shape index (κ1) is 12.2. The first-order valence-electron chi connectivity index (χ1n) is 4.98. The minimum Gasteiger partial charge on any atom is -0.478 e. The minimum atomic E-state index is -4.52. The molecule has 0 radical (unpaired) electrons. The number of hydrogen-bond donors (Lipinski definition) is 2. The molecule has 0 fully saturated rings. The van der Waals surface area contributed by atoms with Gasteiger partial charge in [0.15, 0.2) is 0 Å². The SMILES string of the molecule is O=C(O)c1c[nH]cc1-c1ccccc1C(F)(F)F. The molecule has 2 aromatic rings. The zero-order valence-electron chi connectivity index (χ0n) is 8.95. The molecule has 0 aliphatic carbocycles. The van der Waals surface area contributed by atoms with Crippen LogP contribution in [0, 0.1) is 0 Å². The molecule has 2 N–H and O–H groups in total. The predicted octanol–water partition coefficient (Wildman–Crippen LogP) is 3.40. The Labute approximate surface area is 99.9 Å². The fraction of sp³-hybridized carbons (Fsp3) is 0.0833. The molecule has 18 heavy (non-hydrogen) atoms. The minimum absolute atomic E-state index is 0.0235. The van der Waals surface area contributed by atoms with E-state index in [2.05, 4.69) is 4.98 Å². The van der Waals surface area contributed by atoms with E-state index in [0.29, 0.717) is 0 Å². The fourth-order valence-electron chi connectivity index (χ4n) is 1.73. The summed E-state index contributed by atoms with van der Waals surface area (Å²) in [7, 11) is 0. The Morgan fingerprint density at radius 3 is 2.39 bits per heavy atom. The third kappa shape index (κ3) is 2.09. The van der Waals surface area contributed by atoms with Gasteiger partial charge >= 0.3 is 12.1 Å². The molecule has 0 bridgehead atoms. The van der Waals surface area contributed by atoms with Gasteiger partial charge in [-0.25, -0.2) is 4.79 Å². The predicted molar refractivity (Wildman–Crippen MR) is 58.2 cm³/mol. The van der Waals surface area contributed by atoms with Gasteiger partial charge in [-0.15, -0.1) is 0 Å². The maximum absolute atomic E-state index is 12.8. The Morgan fingerprint density at radius 1 is 1.11 bits per heavy atom. The number of halogens is 3. The molecule has 6 heteroatoms. The molecule has 0 spiro atoms. The van der Waals surface area contributed by atoms with Crippen LogP contribution in [-0.4, -0.2) is 16.1 Å². The standard InChI is InChI=1S/C12H8F3NO2/c13-12(14,15)10-4-2-1-3-7(10)8-5-16-6-9(8)11(17)18/h1-6,16H,(H,17,18). The van der Waals surface area contributed by atoms with Crippen LogP contribution in [0.3, 0.4) is 0 Å². The van der Waals surface area contributed by atoms with Crippen molar-refractivity contribution in [2.75, 3.05) is 0 Å². The van der Waals surface area contributed by atoms with Crippen molar-refractivity contribution in [2.45, 2.75) is 6.18 Å². The van der Waals surface area contributed by atoms with E-state index in [1.54, 1.807) is 0 Å². The molecular weight excluding hydrogens is 247 g/mol. The van der Waals surface area contributed by atoms with Crippen LogP contribution in [0.4, 0.5) is 13.2 Å². The number of aromatic carboxylic acids is 1. The van der Waals surface area contributed by atoms with E-state index in [1.165, 1.54) is 24.4 Å². The van der Waals surface area contributed by atoms with Crippen molar-refractivity contribution in [1.29, 1.82) is 0 Å². The largest absolute Gasteiger partial charge is 0.478 e. The Balaban J connectivity index is 2.65. The third-order valence-electron chi connectivity index (χ3n) is 2.50. The fourth-order valence-corrected chi connectivity index (χ4v) is 1.73. The summed E-state index contributed by atoms with van der Waals surface area (Å²) in [6.45, 7) is 0. The lowest BCUT2D eigenvalue weighted by Crippen LogP contribution is -2.07. The highest BCUT2D eigenvalue weighted by molar-refractivity contribution is 5.96. The van der Waals surface area contributed by atoms with Gasteiger partial charge in [0.1, 0.15) is 0 Å². The molecule has 1 aromatic heterocycles. The van der Waals surface area contributed by atoms with E-state index in [0.717, 1.165) is 12.3 Å². The summed E-state index contributed by atoms with van der Waals surface area (Å²) in [4.78, 5) is 13.4. The summed E-state index contributed by atoms with van der Waals surface area (Å²) in [5, 5.41) is 8.91. The van der Waals surface area contributed by atoms with Crippen molar-refractivity contribution in [1.82, 2.24) is 4.98 Å². The molecule has 0 aliphatic heterocycles. The van der Waals surface area contributed by atoms with Crippen LogP contribution in [0.25, 0.3) is 11.1 Å². The zero-order chi connectivity index (χ0) is 13.3. The highest BCUT2D eigenvalue weighted by Crippen LogP contribution is 2.37. The van der Waals surface area contributed by atoms with Crippen molar-refractivity contribution in [2.24, 2.45) is 0 Å². The average Bonchev–Trinajstić information content (AvgIpc) is 2.76. The van der Waals surface area contributed by atoms with Gasteiger partial charge in [-0.1, -0.05) is 18.2 Å². The second-order valence-corrected chi connectivity index (χ2v) is 3.63. The van der Waals surface area contributed by atoms with Gasteiger partial charge in [0, 0.05) is 18.0 Å². The highest BCUT2D eigenvalue weighted by atomic mass is 19.4. The summed E-state index contributed by atoms with van der Waals surface area (Å²) in [6, 6.07) is 4.87. The summed E-state index contributed by atoms with van der Waals surface area (Å²) in [6.07, 6.45) is -2.12. The van der Waals surface area contributed by atoms with Crippen LogP contribution >= 0.6 is 0 Å². The first-order valence-corrected chi connectivity index (χ1v) is 4.98. The van der Waals surface area contributed by atoms with Crippen LogP contribution in [0.15, 0.2) is 36.7 Å². The van der Waals surface area contributed by atoms with E-state index in [1.807, 2.05) is 0 Å². The number of aromatic nitrogens is 1. The molecular formula is C12H8F3NO2. The number of carbonyl (C=O) groups is 1. The molecule has 1 heterocycles. The molecule has 3 nitrogen and oxygen atoms in total. The molecule has 2 rings (SSSR count). The monoisotopic (exact) mass is 255 g/mol.